The highest BCUT2D eigenvalue weighted by atomic mass is 16.2. The van der Waals surface area contributed by atoms with E-state index >= 15 is 0 Å². The number of aromatic nitrogens is 3. The second-order valence-electron chi connectivity index (χ2n) is 7.65. The standard InChI is InChI=1S/C20H32N8O/c1-15(5-10-23-16(2)25-13-17-6-8-21-9-7-17)22-11-12-24-20(29)19-14-28(27-26-19)18-3-4-18/h5,10,14,17-18,21-22,25H,2-4,6-9,11-13H2,1H3,(H,24,29)/b15-5+,23-10-. The Kier molecular flexibility index (Phi) is 7.80. The number of piperidine rings is 1. The van der Waals surface area contributed by atoms with Crippen molar-refractivity contribution in [1.29, 1.82) is 0 Å². The molecular weight excluding hydrogens is 368 g/mol. The lowest BCUT2D eigenvalue weighted by Gasteiger charge is -2.22. The molecule has 2 fully saturated rings. The van der Waals surface area contributed by atoms with Crippen molar-refractivity contribution in [1.82, 2.24) is 36.3 Å². The van der Waals surface area contributed by atoms with Crippen molar-refractivity contribution >= 4 is 12.1 Å². The Morgan fingerprint density at radius 3 is 2.79 bits per heavy atom. The highest BCUT2D eigenvalue weighted by Gasteiger charge is 2.25. The van der Waals surface area contributed by atoms with E-state index in [1.165, 1.54) is 12.8 Å². The molecule has 1 aromatic heterocycles. The fourth-order valence-corrected chi connectivity index (χ4v) is 3.12. The van der Waals surface area contributed by atoms with Gasteiger partial charge < -0.3 is 21.3 Å². The smallest absolute Gasteiger partial charge is 0.273 e. The summed E-state index contributed by atoms with van der Waals surface area (Å²) in [6, 6.07) is 0.427. The summed E-state index contributed by atoms with van der Waals surface area (Å²) >= 11 is 0. The zero-order chi connectivity index (χ0) is 20.5. The Bertz CT molecular complexity index is 743. The summed E-state index contributed by atoms with van der Waals surface area (Å²) in [5, 5.41) is 20.7. The fraction of sp³-hybridized carbons (Fsp3) is 0.600. The van der Waals surface area contributed by atoms with Gasteiger partial charge in [-0.05, 0) is 57.7 Å². The van der Waals surface area contributed by atoms with Gasteiger partial charge in [-0.15, -0.1) is 5.10 Å². The van der Waals surface area contributed by atoms with E-state index in [9.17, 15) is 4.79 Å². The Morgan fingerprint density at radius 1 is 1.28 bits per heavy atom. The Labute approximate surface area is 172 Å². The van der Waals surface area contributed by atoms with Crippen molar-refractivity contribution in [2.75, 3.05) is 32.7 Å². The lowest BCUT2D eigenvalue weighted by Crippen LogP contribution is -2.33. The maximum atomic E-state index is 12.1. The Balaban J connectivity index is 1.27. The number of carbonyl (C=O) groups excluding carboxylic acids is 1. The van der Waals surface area contributed by atoms with Gasteiger partial charge in [-0.25, -0.2) is 9.67 Å². The summed E-state index contributed by atoms with van der Waals surface area (Å²) in [5.41, 5.74) is 1.33. The van der Waals surface area contributed by atoms with Crippen LogP contribution in [0.2, 0.25) is 0 Å². The van der Waals surface area contributed by atoms with E-state index in [4.69, 9.17) is 0 Å². The van der Waals surface area contributed by atoms with Crippen LogP contribution in [-0.2, 0) is 0 Å². The van der Waals surface area contributed by atoms with Gasteiger partial charge in [0.2, 0.25) is 0 Å². The SMILES string of the molecule is C=C(/N=C\C=C(/C)NCCNC(=O)c1cn(C2CC2)nn1)NCC1CCNCC1. The maximum Gasteiger partial charge on any atom is 0.273 e. The van der Waals surface area contributed by atoms with Gasteiger partial charge in [0, 0.05) is 31.5 Å². The van der Waals surface area contributed by atoms with Gasteiger partial charge in [0.15, 0.2) is 5.69 Å². The average Bonchev–Trinajstić information content (AvgIpc) is 3.46. The van der Waals surface area contributed by atoms with Gasteiger partial charge in [-0.3, -0.25) is 4.79 Å². The van der Waals surface area contributed by atoms with E-state index < -0.39 is 0 Å². The molecule has 3 rings (SSSR count). The molecule has 1 aromatic rings. The lowest BCUT2D eigenvalue weighted by molar-refractivity contribution is 0.0949. The number of allylic oxidation sites excluding steroid dienone is 2. The van der Waals surface area contributed by atoms with Gasteiger partial charge in [0.25, 0.3) is 5.91 Å². The largest absolute Gasteiger partial charge is 0.387 e. The molecule has 2 aliphatic rings. The van der Waals surface area contributed by atoms with Gasteiger partial charge in [0.1, 0.15) is 5.82 Å². The fourth-order valence-electron chi connectivity index (χ4n) is 3.12. The number of nitrogens with zero attached hydrogens (tertiary/aromatic N) is 4. The van der Waals surface area contributed by atoms with Crippen molar-refractivity contribution in [2.24, 2.45) is 10.9 Å². The molecular formula is C20H32N8O. The van der Waals surface area contributed by atoms with Gasteiger partial charge >= 0.3 is 0 Å². The normalized spacial score (nSPS) is 18.0. The van der Waals surface area contributed by atoms with Gasteiger partial charge in [-0.1, -0.05) is 11.8 Å². The molecule has 4 N–H and O–H groups in total. The second kappa shape index (κ2) is 10.8. The van der Waals surface area contributed by atoms with E-state index in [-0.39, 0.29) is 5.91 Å². The number of hydrogen-bond acceptors (Lipinski definition) is 7. The first-order chi connectivity index (χ1) is 14.1. The van der Waals surface area contributed by atoms with Crippen LogP contribution >= 0.6 is 0 Å². The molecule has 158 valence electrons. The summed E-state index contributed by atoms with van der Waals surface area (Å²) in [7, 11) is 0. The van der Waals surface area contributed by atoms with Crippen LogP contribution in [0.15, 0.2) is 35.4 Å². The van der Waals surface area contributed by atoms with E-state index in [0.29, 0.717) is 36.6 Å². The number of nitrogens with one attached hydrogen (secondary N) is 4. The molecule has 9 nitrogen and oxygen atoms in total. The molecule has 2 heterocycles. The molecule has 1 aliphatic heterocycles. The molecule has 9 heteroatoms. The van der Waals surface area contributed by atoms with Crippen LogP contribution in [0.3, 0.4) is 0 Å². The topological polar surface area (TPSA) is 108 Å². The molecule has 1 aliphatic carbocycles. The number of amides is 1. The van der Waals surface area contributed by atoms with Crippen LogP contribution in [0.25, 0.3) is 0 Å². The quantitative estimate of drug-likeness (QED) is 0.326. The number of hydrogen-bond donors (Lipinski definition) is 4. The molecule has 0 radical (unpaired) electrons. The van der Waals surface area contributed by atoms with Gasteiger partial charge in [0.05, 0.1) is 12.2 Å². The van der Waals surface area contributed by atoms with Crippen molar-refractivity contribution in [3.63, 3.8) is 0 Å². The Morgan fingerprint density at radius 2 is 2.03 bits per heavy atom. The van der Waals surface area contributed by atoms with Crippen LogP contribution in [-0.4, -0.2) is 59.8 Å². The highest BCUT2D eigenvalue weighted by Crippen LogP contribution is 2.33. The predicted octanol–water partition coefficient (Wildman–Crippen LogP) is 0.967. The van der Waals surface area contributed by atoms with Crippen molar-refractivity contribution < 1.29 is 4.79 Å². The molecule has 1 saturated carbocycles. The minimum absolute atomic E-state index is 0.196. The third-order valence-corrected chi connectivity index (χ3v) is 5.09. The van der Waals surface area contributed by atoms with Crippen molar-refractivity contribution in [3.05, 3.63) is 36.1 Å². The van der Waals surface area contributed by atoms with E-state index in [1.807, 2.05) is 13.0 Å². The van der Waals surface area contributed by atoms with Crippen LogP contribution in [0, 0.1) is 5.92 Å². The van der Waals surface area contributed by atoms with Crippen LogP contribution in [0.5, 0.6) is 0 Å². The summed E-state index contributed by atoms with van der Waals surface area (Å²) in [5.74, 6) is 1.17. The highest BCUT2D eigenvalue weighted by molar-refractivity contribution is 5.91. The first-order valence-corrected chi connectivity index (χ1v) is 10.4. The zero-order valence-electron chi connectivity index (χ0n) is 17.2. The molecule has 0 aromatic carbocycles. The third kappa shape index (κ3) is 7.34. The zero-order valence-corrected chi connectivity index (χ0v) is 17.2. The van der Waals surface area contributed by atoms with Crippen molar-refractivity contribution in [2.45, 2.75) is 38.6 Å². The molecule has 0 atom stereocenters. The van der Waals surface area contributed by atoms with Crippen LogP contribution in [0.4, 0.5) is 0 Å². The van der Waals surface area contributed by atoms with E-state index in [2.05, 4.69) is 43.2 Å². The molecule has 0 bridgehead atoms. The molecule has 0 unspecified atom stereocenters. The van der Waals surface area contributed by atoms with Gasteiger partial charge in [-0.2, -0.15) is 0 Å². The lowest BCUT2D eigenvalue weighted by atomic mass is 9.98. The van der Waals surface area contributed by atoms with Crippen molar-refractivity contribution in [3.8, 4) is 0 Å². The Hall–Kier alpha value is -2.68. The van der Waals surface area contributed by atoms with E-state index in [0.717, 1.165) is 38.2 Å². The molecule has 1 saturated heterocycles. The van der Waals surface area contributed by atoms with Crippen LogP contribution < -0.4 is 21.3 Å². The molecule has 0 spiro atoms. The number of carbonyl (C=O) groups is 1. The summed E-state index contributed by atoms with van der Waals surface area (Å²) < 4.78 is 1.77. The number of aliphatic imine (C=N–C) groups is 1. The average molecular weight is 401 g/mol. The van der Waals surface area contributed by atoms with Crippen LogP contribution in [0.1, 0.15) is 49.1 Å². The minimum atomic E-state index is -0.196. The molecule has 1 amide bonds. The predicted molar refractivity (Wildman–Crippen MR) is 114 cm³/mol. The maximum absolute atomic E-state index is 12.1. The molecule has 29 heavy (non-hydrogen) atoms. The summed E-state index contributed by atoms with van der Waals surface area (Å²) in [6.07, 6.45) is 9.96. The first kappa shape index (κ1) is 21.0. The number of rotatable bonds is 11. The third-order valence-electron chi connectivity index (χ3n) is 5.09. The second-order valence-corrected chi connectivity index (χ2v) is 7.65. The summed E-state index contributed by atoms with van der Waals surface area (Å²) in [4.78, 5) is 16.4. The minimum Gasteiger partial charge on any atom is -0.387 e. The van der Waals surface area contributed by atoms with E-state index in [1.54, 1.807) is 17.1 Å². The summed E-state index contributed by atoms with van der Waals surface area (Å²) in [6.45, 7) is 10.1. The first-order valence-electron chi connectivity index (χ1n) is 10.4. The monoisotopic (exact) mass is 400 g/mol.